The number of Topliss-reactive ketones (excluding diaryl/α,β-unsaturated/α-hetero) is 1. The predicted octanol–water partition coefficient (Wildman–Crippen LogP) is 2.95. The van der Waals surface area contributed by atoms with Gasteiger partial charge in [0.25, 0.3) is 0 Å². The molecule has 3 rings (SSSR count). The van der Waals surface area contributed by atoms with Gasteiger partial charge in [0.2, 0.25) is 0 Å². The molecular weight excluding hydrogens is 198 g/mol. The Bertz CT molecular complexity index is 541. The first kappa shape index (κ1) is 8.06. The number of benzene rings is 1. The van der Waals surface area contributed by atoms with E-state index in [2.05, 4.69) is 4.98 Å². The van der Waals surface area contributed by atoms with Crippen molar-refractivity contribution in [3.05, 3.63) is 34.5 Å². The van der Waals surface area contributed by atoms with E-state index >= 15 is 0 Å². The van der Waals surface area contributed by atoms with Crippen molar-refractivity contribution in [2.45, 2.75) is 12.8 Å². The van der Waals surface area contributed by atoms with Gasteiger partial charge in [-0.05, 0) is 30.2 Å². The maximum atomic E-state index is 11.5. The molecule has 1 aromatic heterocycles. The number of hydrogen-bond acceptors (Lipinski definition) is 1. The summed E-state index contributed by atoms with van der Waals surface area (Å²) in [5.74, 6) is 0.215. The van der Waals surface area contributed by atoms with Gasteiger partial charge >= 0.3 is 0 Å². The molecular formula is C11H8ClNO. The summed E-state index contributed by atoms with van der Waals surface area (Å²) in [5, 5.41) is 1.82. The number of ketones is 1. The summed E-state index contributed by atoms with van der Waals surface area (Å²) in [6.07, 6.45) is 1.47. The molecule has 1 heterocycles. The molecule has 1 aliphatic rings. The first-order valence-corrected chi connectivity index (χ1v) is 4.97. The number of aromatic nitrogens is 1. The SMILES string of the molecule is O=C1CCc2c1[nH]c1ccc(Cl)cc21. The Hall–Kier alpha value is -1.28. The zero-order chi connectivity index (χ0) is 9.71. The number of aryl methyl sites for hydroxylation is 1. The van der Waals surface area contributed by atoms with Crippen LogP contribution >= 0.6 is 11.6 Å². The molecule has 0 atom stereocenters. The molecule has 0 saturated carbocycles. The Kier molecular flexibility index (Phi) is 1.50. The van der Waals surface area contributed by atoms with E-state index in [0.29, 0.717) is 6.42 Å². The highest BCUT2D eigenvalue weighted by molar-refractivity contribution is 6.31. The number of carbonyl (C=O) groups is 1. The summed E-state index contributed by atoms with van der Waals surface area (Å²) in [6, 6.07) is 5.67. The van der Waals surface area contributed by atoms with Crippen molar-refractivity contribution in [2.24, 2.45) is 0 Å². The maximum Gasteiger partial charge on any atom is 0.179 e. The molecule has 0 spiro atoms. The predicted molar refractivity (Wildman–Crippen MR) is 56.0 cm³/mol. The van der Waals surface area contributed by atoms with Crippen LogP contribution < -0.4 is 0 Å². The first-order valence-electron chi connectivity index (χ1n) is 4.59. The van der Waals surface area contributed by atoms with Crippen molar-refractivity contribution in [3.63, 3.8) is 0 Å². The molecule has 14 heavy (non-hydrogen) atoms. The number of halogens is 1. The van der Waals surface area contributed by atoms with Gasteiger partial charge in [-0.3, -0.25) is 4.79 Å². The van der Waals surface area contributed by atoms with Gasteiger partial charge < -0.3 is 4.98 Å². The smallest absolute Gasteiger partial charge is 0.179 e. The van der Waals surface area contributed by atoms with E-state index in [1.54, 1.807) is 0 Å². The molecule has 0 fully saturated rings. The largest absolute Gasteiger partial charge is 0.352 e. The number of nitrogens with one attached hydrogen (secondary N) is 1. The molecule has 1 N–H and O–H groups in total. The third-order valence-corrected chi connectivity index (χ3v) is 2.98. The molecule has 2 aromatic rings. The number of hydrogen-bond donors (Lipinski definition) is 1. The van der Waals surface area contributed by atoms with E-state index in [1.165, 1.54) is 0 Å². The zero-order valence-electron chi connectivity index (χ0n) is 7.43. The fourth-order valence-corrected chi connectivity index (χ4v) is 2.25. The van der Waals surface area contributed by atoms with E-state index in [4.69, 9.17) is 11.6 Å². The Morgan fingerprint density at radius 3 is 3.00 bits per heavy atom. The van der Waals surface area contributed by atoms with Crippen molar-refractivity contribution in [3.8, 4) is 0 Å². The van der Waals surface area contributed by atoms with Crippen molar-refractivity contribution < 1.29 is 4.79 Å². The molecule has 0 saturated heterocycles. The van der Waals surface area contributed by atoms with Crippen LogP contribution in [0.3, 0.4) is 0 Å². The third-order valence-electron chi connectivity index (χ3n) is 2.75. The fraction of sp³-hybridized carbons (Fsp3) is 0.182. The minimum Gasteiger partial charge on any atom is -0.352 e. The number of fused-ring (bicyclic) bond motifs is 3. The minimum absolute atomic E-state index is 0.215. The monoisotopic (exact) mass is 205 g/mol. The van der Waals surface area contributed by atoms with Crippen LogP contribution in [0.4, 0.5) is 0 Å². The maximum absolute atomic E-state index is 11.5. The quantitative estimate of drug-likeness (QED) is 0.705. The minimum atomic E-state index is 0.215. The molecule has 1 aliphatic carbocycles. The standard InChI is InChI=1S/C11H8ClNO/c12-6-1-3-9-8(5-6)7-2-4-10(14)11(7)13-9/h1,3,5,13H,2,4H2. The lowest BCUT2D eigenvalue weighted by Crippen LogP contribution is -1.90. The Morgan fingerprint density at radius 1 is 1.29 bits per heavy atom. The lowest BCUT2D eigenvalue weighted by atomic mass is 10.1. The van der Waals surface area contributed by atoms with Gasteiger partial charge in [0, 0.05) is 22.3 Å². The summed E-state index contributed by atoms with van der Waals surface area (Å²) in [6.45, 7) is 0. The van der Waals surface area contributed by atoms with Gasteiger partial charge in [-0.1, -0.05) is 11.6 Å². The Morgan fingerprint density at radius 2 is 2.14 bits per heavy atom. The molecule has 1 aromatic carbocycles. The molecule has 0 aliphatic heterocycles. The van der Waals surface area contributed by atoms with Crippen LogP contribution in [-0.4, -0.2) is 10.8 Å². The van der Waals surface area contributed by atoms with E-state index < -0.39 is 0 Å². The van der Waals surface area contributed by atoms with Crippen LogP contribution in [0.15, 0.2) is 18.2 Å². The lowest BCUT2D eigenvalue weighted by molar-refractivity contribution is 0.0991. The second-order valence-corrected chi connectivity index (χ2v) is 4.03. The van der Waals surface area contributed by atoms with Crippen molar-refractivity contribution in [1.82, 2.24) is 4.98 Å². The van der Waals surface area contributed by atoms with Gasteiger partial charge in [0.15, 0.2) is 5.78 Å². The van der Waals surface area contributed by atoms with Crippen LogP contribution in [0, 0.1) is 0 Å². The Balaban J connectivity index is 2.41. The van der Waals surface area contributed by atoms with E-state index in [0.717, 1.165) is 33.6 Å². The van der Waals surface area contributed by atoms with Gasteiger partial charge in [-0.2, -0.15) is 0 Å². The summed E-state index contributed by atoms with van der Waals surface area (Å²) < 4.78 is 0. The lowest BCUT2D eigenvalue weighted by Gasteiger charge is -1.93. The van der Waals surface area contributed by atoms with Crippen LogP contribution in [-0.2, 0) is 6.42 Å². The summed E-state index contributed by atoms with van der Waals surface area (Å²) in [7, 11) is 0. The second kappa shape index (κ2) is 2.61. The normalized spacial score (nSPS) is 15.1. The average molecular weight is 206 g/mol. The molecule has 2 nitrogen and oxygen atoms in total. The van der Waals surface area contributed by atoms with Crippen LogP contribution in [0.25, 0.3) is 10.9 Å². The molecule has 70 valence electrons. The van der Waals surface area contributed by atoms with Gasteiger partial charge in [0.1, 0.15) is 0 Å². The van der Waals surface area contributed by atoms with Crippen molar-refractivity contribution in [1.29, 1.82) is 0 Å². The number of aromatic amines is 1. The molecule has 0 amide bonds. The molecule has 0 radical (unpaired) electrons. The number of H-pyrrole nitrogens is 1. The highest BCUT2D eigenvalue weighted by Gasteiger charge is 2.23. The van der Waals surface area contributed by atoms with Gasteiger partial charge in [-0.15, -0.1) is 0 Å². The number of carbonyl (C=O) groups excluding carboxylic acids is 1. The molecule has 0 bridgehead atoms. The summed E-state index contributed by atoms with van der Waals surface area (Å²) in [5.41, 5.74) is 2.92. The van der Waals surface area contributed by atoms with Crippen molar-refractivity contribution >= 4 is 28.3 Å². The van der Waals surface area contributed by atoms with E-state index in [1.807, 2.05) is 18.2 Å². The van der Waals surface area contributed by atoms with Crippen LogP contribution in [0.2, 0.25) is 5.02 Å². The molecule has 3 heteroatoms. The van der Waals surface area contributed by atoms with Gasteiger partial charge in [-0.25, -0.2) is 0 Å². The zero-order valence-corrected chi connectivity index (χ0v) is 8.19. The topological polar surface area (TPSA) is 32.9 Å². The van der Waals surface area contributed by atoms with Crippen LogP contribution in [0.1, 0.15) is 22.5 Å². The summed E-state index contributed by atoms with van der Waals surface area (Å²) in [4.78, 5) is 14.6. The first-order chi connectivity index (χ1) is 6.75. The second-order valence-electron chi connectivity index (χ2n) is 3.59. The van der Waals surface area contributed by atoms with E-state index in [-0.39, 0.29) is 5.78 Å². The highest BCUT2D eigenvalue weighted by Crippen LogP contribution is 2.31. The van der Waals surface area contributed by atoms with E-state index in [9.17, 15) is 4.79 Å². The summed E-state index contributed by atoms with van der Waals surface area (Å²) >= 11 is 5.91. The van der Waals surface area contributed by atoms with Crippen molar-refractivity contribution in [2.75, 3.05) is 0 Å². The third kappa shape index (κ3) is 0.946. The van der Waals surface area contributed by atoms with Crippen LogP contribution in [0.5, 0.6) is 0 Å². The highest BCUT2D eigenvalue weighted by atomic mass is 35.5. The van der Waals surface area contributed by atoms with Gasteiger partial charge in [0.05, 0.1) is 5.69 Å². The molecule has 0 unspecified atom stereocenters. The average Bonchev–Trinajstić information content (AvgIpc) is 2.67. The Labute approximate surface area is 85.9 Å². The number of rotatable bonds is 0. The fourth-order valence-electron chi connectivity index (χ4n) is 2.08.